The first kappa shape index (κ1) is 11.7. The minimum Gasteiger partial charge on any atom is -0.475 e. The van der Waals surface area contributed by atoms with Crippen molar-refractivity contribution in [2.24, 2.45) is 0 Å². The molecule has 0 bridgehead atoms. The smallest absolute Gasteiger partial charge is 0.371 e. The van der Waals surface area contributed by atoms with Crippen LogP contribution in [0.5, 0.6) is 0 Å². The maximum absolute atomic E-state index is 10.6. The van der Waals surface area contributed by atoms with Crippen molar-refractivity contribution < 1.29 is 14.3 Å². The van der Waals surface area contributed by atoms with Crippen LogP contribution in [-0.2, 0) is 0 Å². The molecule has 1 aromatic carbocycles. The van der Waals surface area contributed by atoms with E-state index in [-0.39, 0.29) is 5.76 Å². The summed E-state index contributed by atoms with van der Waals surface area (Å²) >= 11 is 3.42. The Labute approximate surface area is 106 Å². The van der Waals surface area contributed by atoms with Crippen molar-refractivity contribution in [3.8, 4) is 0 Å². The summed E-state index contributed by atoms with van der Waals surface area (Å²) < 4.78 is 6.07. The molecule has 17 heavy (non-hydrogen) atoms. The Kier molecular flexibility index (Phi) is 3.19. The third-order valence-electron chi connectivity index (χ3n) is 2.26. The van der Waals surface area contributed by atoms with Crippen molar-refractivity contribution >= 4 is 33.5 Å². The molecule has 0 radical (unpaired) electrons. The largest absolute Gasteiger partial charge is 0.475 e. The van der Waals surface area contributed by atoms with E-state index in [9.17, 15) is 4.79 Å². The average Bonchev–Trinajstić information content (AvgIpc) is 2.72. The van der Waals surface area contributed by atoms with Crippen LogP contribution in [0.15, 0.2) is 39.2 Å². The molecule has 0 fully saturated rings. The van der Waals surface area contributed by atoms with Crippen LogP contribution >= 0.6 is 15.9 Å². The summed E-state index contributed by atoms with van der Waals surface area (Å²) in [6.45, 7) is 1.99. The molecule has 1 aromatic heterocycles. The molecule has 88 valence electrons. The van der Waals surface area contributed by atoms with Gasteiger partial charge in [-0.15, -0.1) is 0 Å². The summed E-state index contributed by atoms with van der Waals surface area (Å²) in [5.74, 6) is -0.764. The second-order valence-corrected chi connectivity index (χ2v) is 4.41. The fraction of sp³-hybridized carbons (Fsp3) is 0.0833. The van der Waals surface area contributed by atoms with Crippen molar-refractivity contribution in [2.75, 3.05) is 5.32 Å². The van der Waals surface area contributed by atoms with Gasteiger partial charge in [0, 0.05) is 16.2 Å². The van der Waals surface area contributed by atoms with Crippen LogP contribution in [0.25, 0.3) is 0 Å². The Morgan fingerprint density at radius 3 is 2.71 bits per heavy atom. The molecule has 0 amide bonds. The molecule has 4 nitrogen and oxygen atoms in total. The van der Waals surface area contributed by atoms with E-state index in [1.807, 2.05) is 25.1 Å². The Bertz CT molecular complexity index is 563. The number of carboxylic acid groups (broad SMARTS) is 1. The summed E-state index contributed by atoms with van der Waals surface area (Å²) in [4.78, 5) is 10.6. The predicted octanol–water partition coefficient (Wildman–Crippen LogP) is 3.79. The number of halogens is 1. The van der Waals surface area contributed by atoms with Gasteiger partial charge in [-0.1, -0.05) is 22.0 Å². The summed E-state index contributed by atoms with van der Waals surface area (Å²) in [6, 6.07) is 8.74. The first-order valence-electron chi connectivity index (χ1n) is 4.92. The topological polar surface area (TPSA) is 62.5 Å². The number of furan rings is 1. The van der Waals surface area contributed by atoms with Crippen molar-refractivity contribution in [2.45, 2.75) is 6.92 Å². The van der Waals surface area contributed by atoms with E-state index in [0.29, 0.717) is 5.88 Å². The van der Waals surface area contributed by atoms with E-state index in [1.54, 1.807) is 6.07 Å². The SMILES string of the molecule is Cc1ccc(Nc2ccc(C(=O)O)o2)cc1Br. The molecule has 0 saturated carbocycles. The lowest BCUT2D eigenvalue weighted by Gasteiger charge is -2.04. The summed E-state index contributed by atoms with van der Waals surface area (Å²) in [5, 5.41) is 11.7. The van der Waals surface area contributed by atoms with Crippen molar-refractivity contribution in [3.63, 3.8) is 0 Å². The summed E-state index contributed by atoms with van der Waals surface area (Å²) in [6.07, 6.45) is 0. The van der Waals surface area contributed by atoms with Crippen molar-refractivity contribution in [1.29, 1.82) is 0 Å². The highest BCUT2D eigenvalue weighted by atomic mass is 79.9. The fourth-order valence-electron chi connectivity index (χ4n) is 1.33. The van der Waals surface area contributed by atoms with Gasteiger partial charge >= 0.3 is 5.97 Å². The zero-order chi connectivity index (χ0) is 12.4. The number of carbonyl (C=O) groups is 1. The molecular formula is C12H10BrNO3. The number of anilines is 2. The van der Waals surface area contributed by atoms with Crippen LogP contribution in [0.2, 0.25) is 0 Å². The number of benzene rings is 1. The maximum atomic E-state index is 10.6. The lowest BCUT2D eigenvalue weighted by atomic mass is 10.2. The van der Waals surface area contributed by atoms with Gasteiger partial charge in [0.05, 0.1) is 0 Å². The van der Waals surface area contributed by atoms with Gasteiger partial charge in [-0.05, 0) is 30.7 Å². The molecule has 0 aliphatic heterocycles. The number of aryl methyl sites for hydroxylation is 1. The van der Waals surface area contributed by atoms with E-state index in [2.05, 4.69) is 21.2 Å². The van der Waals surface area contributed by atoms with E-state index in [1.165, 1.54) is 6.07 Å². The van der Waals surface area contributed by atoms with Gasteiger partial charge < -0.3 is 14.8 Å². The zero-order valence-electron chi connectivity index (χ0n) is 9.03. The predicted molar refractivity (Wildman–Crippen MR) is 67.8 cm³/mol. The Balaban J connectivity index is 2.19. The third-order valence-corrected chi connectivity index (χ3v) is 3.11. The monoisotopic (exact) mass is 295 g/mol. The van der Waals surface area contributed by atoms with Crippen LogP contribution in [-0.4, -0.2) is 11.1 Å². The summed E-state index contributed by atoms with van der Waals surface area (Å²) in [7, 11) is 0. The molecule has 2 aromatic rings. The van der Waals surface area contributed by atoms with E-state index in [0.717, 1.165) is 15.7 Å². The maximum Gasteiger partial charge on any atom is 0.371 e. The van der Waals surface area contributed by atoms with Crippen molar-refractivity contribution in [1.82, 2.24) is 0 Å². The average molecular weight is 296 g/mol. The van der Waals surface area contributed by atoms with Gasteiger partial charge in [0.15, 0.2) is 5.88 Å². The first-order valence-corrected chi connectivity index (χ1v) is 5.72. The van der Waals surface area contributed by atoms with E-state index >= 15 is 0 Å². The van der Waals surface area contributed by atoms with Crippen LogP contribution in [0.1, 0.15) is 16.1 Å². The Morgan fingerprint density at radius 1 is 1.35 bits per heavy atom. The quantitative estimate of drug-likeness (QED) is 0.904. The molecule has 5 heteroatoms. The summed E-state index contributed by atoms with van der Waals surface area (Å²) in [5.41, 5.74) is 1.95. The highest BCUT2D eigenvalue weighted by molar-refractivity contribution is 9.10. The lowest BCUT2D eigenvalue weighted by Crippen LogP contribution is -1.92. The molecule has 0 aliphatic rings. The lowest BCUT2D eigenvalue weighted by molar-refractivity contribution is 0.0663. The number of hydrogen-bond donors (Lipinski definition) is 2. The van der Waals surface area contributed by atoms with Crippen molar-refractivity contribution in [3.05, 3.63) is 46.1 Å². The molecule has 0 saturated heterocycles. The standard InChI is InChI=1S/C12H10BrNO3/c1-7-2-3-8(6-9(7)13)14-11-5-4-10(17-11)12(15)16/h2-6,14H,1H3,(H,15,16). The Morgan fingerprint density at radius 2 is 2.12 bits per heavy atom. The molecule has 2 rings (SSSR count). The van der Waals surface area contributed by atoms with E-state index < -0.39 is 5.97 Å². The number of aromatic carboxylic acids is 1. The minimum atomic E-state index is -1.08. The molecule has 1 heterocycles. The molecule has 0 atom stereocenters. The van der Waals surface area contributed by atoms with E-state index in [4.69, 9.17) is 9.52 Å². The minimum absolute atomic E-state index is 0.0846. The Hall–Kier alpha value is -1.75. The number of carboxylic acids is 1. The van der Waals surface area contributed by atoms with Gasteiger partial charge in [-0.3, -0.25) is 0 Å². The van der Waals surface area contributed by atoms with Crippen LogP contribution in [0.4, 0.5) is 11.6 Å². The van der Waals surface area contributed by atoms with Crippen LogP contribution < -0.4 is 5.32 Å². The van der Waals surface area contributed by atoms with Crippen LogP contribution in [0.3, 0.4) is 0 Å². The molecule has 2 N–H and O–H groups in total. The second-order valence-electron chi connectivity index (χ2n) is 3.56. The van der Waals surface area contributed by atoms with Gasteiger partial charge in [0.2, 0.25) is 5.76 Å². The van der Waals surface area contributed by atoms with Gasteiger partial charge in [0.25, 0.3) is 0 Å². The second kappa shape index (κ2) is 4.63. The van der Waals surface area contributed by atoms with Crippen LogP contribution in [0, 0.1) is 6.92 Å². The molecule has 0 spiro atoms. The number of hydrogen-bond acceptors (Lipinski definition) is 3. The number of rotatable bonds is 3. The van der Waals surface area contributed by atoms with Gasteiger partial charge in [-0.2, -0.15) is 0 Å². The third kappa shape index (κ3) is 2.68. The highest BCUT2D eigenvalue weighted by Gasteiger charge is 2.08. The van der Waals surface area contributed by atoms with Gasteiger partial charge in [-0.25, -0.2) is 4.79 Å². The molecular weight excluding hydrogens is 286 g/mol. The van der Waals surface area contributed by atoms with Gasteiger partial charge in [0.1, 0.15) is 0 Å². The molecule has 0 aliphatic carbocycles. The fourth-order valence-corrected chi connectivity index (χ4v) is 1.71. The highest BCUT2D eigenvalue weighted by Crippen LogP contribution is 2.24. The molecule has 0 unspecified atom stereocenters. The normalized spacial score (nSPS) is 10.2. The number of nitrogens with one attached hydrogen (secondary N) is 1. The zero-order valence-corrected chi connectivity index (χ0v) is 10.6. The first-order chi connectivity index (χ1) is 8.06.